The minimum atomic E-state index is -1.03. The van der Waals surface area contributed by atoms with E-state index in [1.165, 1.54) is 31.1 Å². The molecule has 0 fully saturated rings. The lowest BCUT2D eigenvalue weighted by Gasteiger charge is -2.13. The van der Waals surface area contributed by atoms with Gasteiger partial charge >= 0.3 is 0 Å². The maximum Gasteiger partial charge on any atom is 0.231 e. The van der Waals surface area contributed by atoms with Gasteiger partial charge in [-0.15, -0.1) is 0 Å². The fourth-order valence-electron chi connectivity index (χ4n) is 1.33. The Kier molecular flexibility index (Phi) is 2.77. The molecule has 0 spiro atoms. The predicted octanol–water partition coefficient (Wildman–Crippen LogP) is 1.53. The first-order valence-electron chi connectivity index (χ1n) is 5.09. The Morgan fingerprint density at radius 2 is 2.00 bits per heavy atom. The molecule has 0 radical (unpaired) electrons. The molecule has 0 aromatic carbocycles. The minimum Gasteiger partial charge on any atom is -0.460 e. The number of aromatic nitrogens is 2. The second-order valence-electron chi connectivity index (χ2n) is 4.21. The van der Waals surface area contributed by atoms with Crippen molar-refractivity contribution in [2.75, 3.05) is 0 Å². The van der Waals surface area contributed by atoms with Crippen LogP contribution in [0, 0.1) is 0 Å². The fraction of sp³-hybridized carbons (Fsp3) is 0.250. The van der Waals surface area contributed by atoms with Gasteiger partial charge in [-0.05, 0) is 19.9 Å². The molecule has 1 N–H and O–H groups in total. The number of rotatable bonds is 3. The molecule has 0 saturated carbocycles. The molecule has 2 aromatic rings. The second kappa shape index (κ2) is 4.10. The number of ketones is 1. The third-order valence-corrected chi connectivity index (χ3v) is 2.35. The molecule has 0 aliphatic carbocycles. The second-order valence-corrected chi connectivity index (χ2v) is 4.21. The maximum atomic E-state index is 11.9. The largest absolute Gasteiger partial charge is 0.460 e. The van der Waals surface area contributed by atoms with E-state index in [4.69, 9.17) is 4.42 Å². The van der Waals surface area contributed by atoms with Crippen LogP contribution in [0.15, 0.2) is 35.5 Å². The van der Waals surface area contributed by atoms with Crippen LogP contribution in [-0.4, -0.2) is 20.9 Å². The number of aliphatic hydroxyl groups is 1. The van der Waals surface area contributed by atoms with Crippen LogP contribution >= 0.6 is 0 Å². The number of nitrogens with zero attached hydrogens (tertiary/aromatic N) is 2. The SMILES string of the molecule is CC(C)(O)c1coc(C(=O)c2cncnc2)c1. The zero-order valence-electron chi connectivity index (χ0n) is 9.54. The number of hydrogen-bond donors (Lipinski definition) is 1. The monoisotopic (exact) mass is 232 g/mol. The average Bonchev–Trinajstić information content (AvgIpc) is 2.78. The van der Waals surface area contributed by atoms with Crippen LogP contribution in [0.25, 0.3) is 0 Å². The number of furan rings is 1. The summed E-state index contributed by atoms with van der Waals surface area (Å²) in [5.41, 5.74) is -0.128. The number of carbonyl (C=O) groups excluding carboxylic acids is 1. The zero-order valence-corrected chi connectivity index (χ0v) is 9.54. The molecule has 0 unspecified atom stereocenters. The summed E-state index contributed by atoms with van der Waals surface area (Å²) >= 11 is 0. The molecular weight excluding hydrogens is 220 g/mol. The normalized spacial score (nSPS) is 11.5. The van der Waals surface area contributed by atoms with Crippen LogP contribution in [-0.2, 0) is 5.60 Å². The lowest BCUT2D eigenvalue weighted by Crippen LogP contribution is -2.14. The van der Waals surface area contributed by atoms with Gasteiger partial charge < -0.3 is 9.52 Å². The molecular formula is C12H12N2O3. The summed E-state index contributed by atoms with van der Waals surface area (Å²) in [5, 5.41) is 9.76. The van der Waals surface area contributed by atoms with Gasteiger partial charge in [-0.2, -0.15) is 0 Å². The van der Waals surface area contributed by atoms with E-state index in [0.29, 0.717) is 11.1 Å². The van der Waals surface area contributed by atoms with Crippen LogP contribution < -0.4 is 0 Å². The number of hydrogen-bond acceptors (Lipinski definition) is 5. The maximum absolute atomic E-state index is 11.9. The summed E-state index contributed by atoms with van der Waals surface area (Å²) in [6.07, 6.45) is 5.56. The molecule has 0 aliphatic rings. The molecule has 88 valence electrons. The number of carbonyl (C=O) groups is 1. The predicted molar refractivity (Wildman–Crippen MR) is 59.4 cm³/mol. The van der Waals surface area contributed by atoms with Crippen molar-refractivity contribution < 1.29 is 14.3 Å². The first-order chi connectivity index (χ1) is 7.98. The van der Waals surface area contributed by atoms with Crippen LogP contribution in [0.5, 0.6) is 0 Å². The van der Waals surface area contributed by atoms with Crippen LogP contribution in [0.3, 0.4) is 0 Å². The van der Waals surface area contributed by atoms with Gasteiger partial charge in [0.1, 0.15) is 6.33 Å². The van der Waals surface area contributed by atoms with Crippen molar-refractivity contribution in [3.63, 3.8) is 0 Å². The topological polar surface area (TPSA) is 76.2 Å². The molecule has 2 rings (SSSR count). The van der Waals surface area contributed by atoms with E-state index in [9.17, 15) is 9.90 Å². The molecule has 17 heavy (non-hydrogen) atoms. The summed E-state index contributed by atoms with van der Waals surface area (Å²) in [7, 11) is 0. The van der Waals surface area contributed by atoms with Crippen molar-refractivity contribution in [2.24, 2.45) is 0 Å². The Morgan fingerprint density at radius 3 is 2.53 bits per heavy atom. The standard InChI is InChI=1S/C12H12N2O3/c1-12(2,16)9-3-10(17-6-9)11(15)8-4-13-7-14-5-8/h3-7,16H,1-2H3. The van der Waals surface area contributed by atoms with Crippen molar-refractivity contribution in [1.82, 2.24) is 9.97 Å². The first kappa shape index (κ1) is 11.5. The van der Waals surface area contributed by atoms with E-state index >= 15 is 0 Å². The molecule has 0 amide bonds. The quantitative estimate of drug-likeness (QED) is 0.812. The van der Waals surface area contributed by atoms with Crippen molar-refractivity contribution in [3.05, 3.63) is 47.9 Å². The van der Waals surface area contributed by atoms with E-state index in [1.807, 2.05) is 0 Å². The van der Waals surface area contributed by atoms with Gasteiger partial charge in [-0.25, -0.2) is 9.97 Å². The van der Waals surface area contributed by atoms with Gasteiger partial charge in [0.05, 0.1) is 17.4 Å². The molecule has 0 bridgehead atoms. The lowest BCUT2D eigenvalue weighted by atomic mass is 10.0. The van der Waals surface area contributed by atoms with E-state index in [-0.39, 0.29) is 11.5 Å². The average molecular weight is 232 g/mol. The van der Waals surface area contributed by atoms with Crippen molar-refractivity contribution >= 4 is 5.78 Å². The Bertz CT molecular complexity index is 526. The molecule has 0 aliphatic heterocycles. The minimum absolute atomic E-state index is 0.164. The van der Waals surface area contributed by atoms with Gasteiger partial charge in [-0.3, -0.25) is 4.79 Å². The highest BCUT2D eigenvalue weighted by atomic mass is 16.3. The highest BCUT2D eigenvalue weighted by Crippen LogP contribution is 2.23. The van der Waals surface area contributed by atoms with E-state index in [2.05, 4.69) is 9.97 Å². The summed E-state index contributed by atoms with van der Waals surface area (Å²) in [4.78, 5) is 19.5. The molecule has 2 aromatic heterocycles. The van der Waals surface area contributed by atoms with E-state index < -0.39 is 5.60 Å². The summed E-state index contributed by atoms with van der Waals surface area (Å²) < 4.78 is 5.14. The summed E-state index contributed by atoms with van der Waals surface area (Å²) in [6, 6.07) is 1.52. The molecule has 2 heterocycles. The van der Waals surface area contributed by atoms with Crippen LogP contribution in [0.1, 0.15) is 35.5 Å². The van der Waals surface area contributed by atoms with Gasteiger partial charge in [-0.1, -0.05) is 0 Å². The smallest absolute Gasteiger partial charge is 0.231 e. The summed E-state index contributed by atoms with van der Waals surface area (Å²) in [5.74, 6) is -0.141. The molecule has 0 atom stereocenters. The Morgan fingerprint density at radius 1 is 1.35 bits per heavy atom. The van der Waals surface area contributed by atoms with Gasteiger partial charge in [0.15, 0.2) is 5.76 Å². The lowest BCUT2D eigenvalue weighted by molar-refractivity contribution is 0.0779. The first-order valence-corrected chi connectivity index (χ1v) is 5.09. The van der Waals surface area contributed by atoms with Gasteiger partial charge in [0.25, 0.3) is 0 Å². The molecule has 5 heteroatoms. The fourth-order valence-corrected chi connectivity index (χ4v) is 1.33. The highest BCUT2D eigenvalue weighted by Gasteiger charge is 2.22. The van der Waals surface area contributed by atoms with Crippen LogP contribution in [0.2, 0.25) is 0 Å². The van der Waals surface area contributed by atoms with Gasteiger partial charge in [0.2, 0.25) is 5.78 Å². The Labute approximate surface area is 98.1 Å². The molecule has 5 nitrogen and oxygen atoms in total. The zero-order chi connectivity index (χ0) is 12.5. The third kappa shape index (κ3) is 2.39. The van der Waals surface area contributed by atoms with E-state index in [0.717, 1.165) is 0 Å². The van der Waals surface area contributed by atoms with Crippen molar-refractivity contribution in [1.29, 1.82) is 0 Å². The van der Waals surface area contributed by atoms with Crippen molar-refractivity contribution in [3.8, 4) is 0 Å². The van der Waals surface area contributed by atoms with E-state index in [1.54, 1.807) is 13.8 Å². The van der Waals surface area contributed by atoms with Crippen molar-refractivity contribution in [2.45, 2.75) is 19.4 Å². The van der Waals surface area contributed by atoms with Crippen LogP contribution in [0.4, 0.5) is 0 Å². The highest BCUT2D eigenvalue weighted by molar-refractivity contribution is 6.06. The summed E-state index contributed by atoms with van der Waals surface area (Å²) in [6.45, 7) is 3.25. The third-order valence-electron chi connectivity index (χ3n) is 2.35. The van der Waals surface area contributed by atoms with Gasteiger partial charge in [0, 0.05) is 18.0 Å². The Balaban J connectivity index is 2.30. The Hall–Kier alpha value is -2.01. The molecule has 0 saturated heterocycles.